The fraction of sp³-hybridized carbons (Fsp3) is 0.500. The molecule has 0 bridgehead atoms. The summed E-state index contributed by atoms with van der Waals surface area (Å²) in [5, 5.41) is 5.92. The van der Waals surface area contributed by atoms with Crippen LogP contribution < -0.4 is 10.6 Å². The highest BCUT2D eigenvalue weighted by Gasteiger charge is 2.55. The molecule has 1 heterocycles. The molecule has 1 aromatic carbocycles. The number of nitrogens with one attached hydrogen (secondary N) is 2. The Balaban J connectivity index is 1.71. The number of rotatable bonds is 3. The van der Waals surface area contributed by atoms with Crippen molar-refractivity contribution < 1.29 is 14.4 Å². The molecule has 7 heteroatoms. The van der Waals surface area contributed by atoms with E-state index in [0.717, 1.165) is 29.7 Å². The summed E-state index contributed by atoms with van der Waals surface area (Å²) in [5.74, 6) is -0.679. The maximum Gasteiger partial charge on any atom is 0.325 e. The number of benzene rings is 1. The first kappa shape index (κ1) is 17.7. The summed E-state index contributed by atoms with van der Waals surface area (Å²) in [7, 11) is 0. The molecule has 4 amide bonds. The average molecular weight is 364 g/mol. The van der Waals surface area contributed by atoms with E-state index in [1.54, 1.807) is 12.1 Å². The van der Waals surface area contributed by atoms with Gasteiger partial charge in [-0.2, -0.15) is 0 Å². The number of carbonyl (C=O) groups excluding carboxylic acids is 3. The Labute approximate surface area is 151 Å². The largest absolute Gasteiger partial charge is 0.325 e. The number of hydrogen-bond donors (Lipinski definition) is 2. The van der Waals surface area contributed by atoms with E-state index < -0.39 is 17.5 Å². The molecule has 2 N–H and O–H groups in total. The van der Waals surface area contributed by atoms with Gasteiger partial charge >= 0.3 is 6.03 Å². The Bertz CT molecular complexity index is 736. The van der Waals surface area contributed by atoms with Crippen LogP contribution in [0.15, 0.2) is 18.2 Å². The minimum absolute atomic E-state index is 0.0669. The Morgan fingerprint density at radius 3 is 2.84 bits per heavy atom. The first-order chi connectivity index (χ1) is 11.8. The average Bonchev–Trinajstić information content (AvgIpc) is 2.78. The van der Waals surface area contributed by atoms with Crippen molar-refractivity contribution in [2.75, 3.05) is 11.9 Å². The predicted octanol–water partition coefficient (Wildman–Crippen LogP) is 3.09. The lowest BCUT2D eigenvalue weighted by atomic mass is 9.73. The molecule has 1 aliphatic heterocycles. The zero-order chi connectivity index (χ0) is 18.2. The van der Waals surface area contributed by atoms with Gasteiger partial charge in [-0.3, -0.25) is 14.5 Å². The van der Waals surface area contributed by atoms with Crippen LogP contribution in [-0.4, -0.2) is 34.8 Å². The van der Waals surface area contributed by atoms with E-state index in [4.69, 9.17) is 11.6 Å². The summed E-state index contributed by atoms with van der Waals surface area (Å²) in [4.78, 5) is 38.4. The van der Waals surface area contributed by atoms with Crippen molar-refractivity contribution in [1.82, 2.24) is 10.2 Å². The van der Waals surface area contributed by atoms with E-state index in [2.05, 4.69) is 10.6 Å². The lowest BCUT2D eigenvalue weighted by Gasteiger charge is -2.36. The first-order valence-corrected chi connectivity index (χ1v) is 8.91. The van der Waals surface area contributed by atoms with Crippen molar-refractivity contribution in [1.29, 1.82) is 0 Å². The lowest BCUT2D eigenvalue weighted by molar-refractivity contribution is -0.136. The Morgan fingerprint density at radius 2 is 2.16 bits per heavy atom. The number of amides is 4. The molecule has 134 valence electrons. The molecule has 0 radical (unpaired) electrons. The monoisotopic (exact) mass is 363 g/mol. The van der Waals surface area contributed by atoms with Crippen LogP contribution in [0.25, 0.3) is 0 Å². The van der Waals surface area contributed by atoms with Crippen LogP contribution >= 0.6 is 11.6 Å². The molecule has 2 fully saturated rings. The number of anilines is 1. The first-order valence-electron chi connectivity index (χ1n) is 8.53. The summed E-state index contributed by atoms with van der Waals surface area (Å²) in [6.07, 6.45) is 3.47. The maximum absolute atomic E-state index is 12.8. The summed E-state index contributed by atoms with van der Waals surface area (Å²) in [5.41, 5.74) is 0.590. The van der Waals surface area contributed by atoms with Gasteiger partial charge in [0.1, 0.15) is 12.1 Å². The summed E-state index contributed by atoms with van der Waals surface area (Å²) < 4.78 is 0. The zero-order valence-electron chi connectivity index (χ0n) is 14.4. The number of urea groups is 1. The van der Waals surface area contributed by atoms with Crippen molar-refractivity contribution in [2.45, 2.75) is 45.1 Å². The van der Waals surface area contributed by atoms with Crippen LogP contribution in [-0.2, 0) is 9.59 Å². The van der Waals surface area contributed by atoms with E-state index in [1.807, 2.05) is 19.9 Å². The van der Waals surface area contributed by atoms with Gasteiger partial charge in [0.2, 0.25) is 5.91 Å². The molecule has 1 aliphatic carbocycles. The Hall–Kier alpha value is -2.08. The van der Waals surface area contributed by atoms with Gasteiger partial charge in [0, 0.05) is 0 Å². The van der Waals surface area contributed by atoms with E-state index in [9.17, 15) is 14.4 Å². The number of carbonyl (C=O) groups is 3. The van der Waals surface area contributed by atoms with Crippen LogP contribution in [0.2, 0.25) is 5.02 Å². The van der Waals surface area contributed by atoms with E-state index in [1.165, 1.54) is 0 Å². The normalized spacial score (nSPS) is 26.0. The summed E-state index contributed by atoms with van der Waals surface area (Å²) in [6, 6.07) is 4.77. The minimum Gasteiger partial charge on any atom is -0.323 e. The fourth-order valence-electron chi connectivity index (χ4n) is 3.69. The van der Waals surface area contributed by atoms with Crippen molar-refractivity contribution in [3.63, 3.8) is 0 Å². The maximum atomic E-state index is 12.8. The van der Waals surface area contributed by atoms with Gasteiger partial charge < -0.3 is 10.6 Å². The lowest BCUT2D eigenvalue weighted by Crippen LogP contribution is -2.54. The minimum atomic E-state index is -0.850. The smallest absolute Gasteiger partial charge is 0.323 e. The van der Waals surface area contributed by atoms with Gasteiger partial charge in [-0.25, -0.2) is 4.79 Å². The molecule has 3 rings (SSSR count). The quantitative estimate of drug-likeness (QED) is 0.810. The van der Waals surface area contributed by atoms with Crippen LogP contribution in [0.4, 0.5) is 10.5 Å². The molecule has 1 saturated carbocycles. The molecule has 1 saturated heterocycles. The third-order valence-corrected chi connectivity index (χ3v) is 5.51. The number of halogens is 1. The van der Waals surface area contributed by atoms with Gasteiger partial charge in [0.15, 0.2) is 0 Å². The SMILES string of the molecule is Cc1ccc(NC(=O)CN2C(=O)N[C@]3(CCCC[C@H]3C)C2=O)c(Cl)c1. The molecule has 1 spiro atoms. The highest BCUT2D eigenvalue weighted by atomic mass is 35.5. The van der Waals surface area contributed by atoms with Crippen molar-refractivity contribution in [2.24, 2.45) is 5.92 Å². The molecule has 1 aromatic rings. The molecule has 0 aromatic heterocycles. The second-order valence-electron chi connectivity index (χ2n) is 6.97. The number of imide groups is 1. The highest BCUT2D eigenvalue weighted by molar-refractivity contribution is 6.33. The van der Waals surface area contributed by atoms with Crippen LogP contribution in [0.3, 0.4) is 0 Å². The van der Waals surface area contributed by atoms with E-state index >= 15 is 0 Å². The molecular formula is C18H22ClN3O3. The number of hydrogen-bond acceptors (Lipinski definition) is 3. The van der Waals surface area contributed by atoms with Gasteiger partial charge in [-0.05, 0) is 43.4 Å². The van der Waals surface area contributed by atoms with Gasteiger partial charge in [0.05, 0.1) is 10.7 Å². The predicted molar refractivity (Wildman–Crippen MR) is 95.4 cm³/mol. The molecule has 2 atom stereocenters. The third-order valence-electron chi connectivity index (χ3n) is 5.20. The topological polar surface area (TPSA) is 78.5 Å². The number of nitrogens with zero attached hydrogens (tertiary/aromatic N) is 1. The van der Waals surface area contributed by atoms with Crippen molar-refractivity contribution in [3.8, 4) is 0 Å². The van der Waals surface area contributed by atoms with Gasteiger partial charge in [-0.1, -0.05) is 37.4 Å². The van der Waals surface area contributed by atoms with Crippen molar-refractivity contribution in [3.05, 3.63) is 28.8 Å². The van der Waals surface area contributed by atoms with Crippen LogP contribution in [0.5, 0.6) is 0 Å². The molecule has 0 unspecified atom stereocenters. The second-order valence-corrected chi connectivity index (χ2v) is 7.38. The Kier molecular flexibility index (Phi) is 4.73. The van der Waals surface area contributed by atoms with Crippen LogP contribution in [0.1, 0.15) is 38.2 Å². The molecule has 6 nitrogen and oxygen atoms in total. The van der Waals surface area contributed by atoms with Gasteiger partial charge in [0.25, 0.3) is 5.91 Å². The summed E-state index contributed by atoms with van der Waals surface area (Å²) >= 11 is 6.11. The van der Waals surface area contributed by atoms with E-state index in [-0.39, 0.29) is 18.4 Å². The molecular weight excluding hydrogens is 342 g/mol. The van der Waals surface area contributed by atoms with Crippen molar-refractivity contribution >= 4 is 35.1 Å². The van der Waals surface area contributed by atoms with Crippen LogP contribution in [0, 0.1) is 12.8 Å². The Morgan fingerprint density at radius 1 is 1.40 bits per heavy atom. The molecule has 2 aliphatic rings. The number of aryl methyl sites for hydroxylation is 1. The second kappa shape index (κ2) is 6.67. The van der Waals surface area contributed by atoms with E-state index in [0.29, 0.717) is 17.1 Å². The third kappa shape index (κ3) is 3.23. The molecule has 25 heavy (non-hydrogen) atoms. The standard InChI is InChI=1S/C18H22ClN3O3/c1-11-6-7-14(13(19)9-11)20-15(23)10-22-16(24)18(21-17(22)25)8-4-3-5-12(18)2/h6-7,9,12H,3-5,8,10H2,1-2H3,(H,20,23)(H,21,25)/t12-,18+/m1/s1. The fourth-order valence-corrected chi connectivity index (χ4v) is 3.98. The zero-order valence-corrected chi connectivity index (χ0v) is 15.2. The van der Waals surface area contributed by atoms with Gasteiger partial charge in [-0.15, -0.1) is 0 Å². The highest BCUT2D eigenvalue weighted by Crippen LogP contribution is 2.38. The summed E-state index contributed by atoms with van der Waals surface area (Å²) in [6.45, 7) is 3.56.